The van der Waals surface area contributed by atoms with Crippen molar-refractivity contribution in [2.75, 3.05) is 14.1 Å². The molecule has 20 nitrogen and oxygen atoms in total. The van der Waals surface area contributed by atoms with Gasteiger partial charge in [-0.3, -0.25) is 37.8 Å². The number of nitrogens with zero attached hydrogens (tertiary/aromatic N) is 5. The maximum absolute atomic E-state index is 11.1. The number of aromatic nitrogens is 7. The van der Waals surface area contributed by atoms with Gasteiger partial charge in [-0.25, -0.2) is 10.5 Å². The topological polar surface area (TPSA) is 288 Å². The highest BCUT2D eigenvalue weighted by molar-refractivity contribution is 7.05. The molecule has 0 saturated heterocycles. The molecule has 1 aliphatic rings. The van der Waals surface area contributed by atoms with Crippen LogP contribution in [0.15, 0.2) is 71.8 Å². The summed E-state index contributed by atoms with van der Waals surface area (Å²) in [6, 6.07) is 3.61. The van der Waals surface area contributed by atoms with Crippen molar-refractivity contribution in [1.29, 1.82) is 0 Å². The predicted molar refractivity (Wildman–Crippen MR) is 276 cm³/mol. The molecule has 0 unspecified atom stereocenters. The molecule has 22 heteroatoms. The molecule has 0 saturated carbocycles. The summed E-state index contributed by atoms with van der Waals surface area (Å²) in [4.78, 5) is 67.0. The van der Waals surface area contributed by atoms with Crippen LogP contribution < -0.4 is 32.7 Å². The fourth-order valence-electron chi connectivity index (χ4n) is 4.25. The summed E-state index contributed by atoms with van der Waals surface area (Å²) in [5.41, 5.74) is 4.39. The van der Waals surface area contributed by atoms with Gasteiger partial charge in [-0.15, -0.1) is 0 Å². The van der Waals surface area contributed by atoms with Gasteiger partial charge in [-0.2, -0.15) is 14.5 Å². The number of hydroxylamine groups is 1. The zero-order valence-electron chi connectivity index (χ0n) is 44.0. The minimum absolute atomic E-state index is 0.0173. The SMILES string of the molecule is C=C1N=C(C(C)C)NO1.CC(C)c1cc(=O)[nH]s1.CC(C)c1cocc(O)c1=O.CC(C)c1ncn[nH]1.CC(C)c1ns[nH]c1=O.CNC(=O)C(C)C.CNC(=O)C(C)C.Cc1cc(C(C)C)on1. The van der Waals surface area contributed by atoms with E-state index in [9.17, 15) is 24.0 Å². The first-order chi connectivity index (χ1) is 32.1. The second-order valence-electron chi connectivity index (χ2n) is 17.5. The van der Waals surface area contributed by atoms with Crippen molar-refractivity contribution < 1.29 is 28.5 Å². The molecule has 0 fully saturated rings. The van der Waals surface area contributed by atoms with Crippen molar-refractivity contribution in [3.8, 4) is 5.75 Å². The average molecular weight is 1010 g/mol. The van der Waals surface area contributed by atoms with E-state index in [0.717, 1.165) is 46.0 Å². The van der Waals surface area contributed by atoms with Crippen LogP contribution in [0.4, 0.5) is 0 Å². The first kappa shape index (κ1) is 64.9. The third-order valence-corrected chi connectivity index (χ3v) is 10.2. The predicted octanol–water partition coefficient (Wildman–Crippen LogP) is 8.84. The van der Waals surface area contributed by atoms with E-state index in [4.69, 9.17) is 18.9 Å². The molecule has 388 valence electrons. The number of carbonyl (C=O) groups excluding carboxylic acids is 2. The van der Waals surface area contributed by atoms with Gasteiger partial charge in [0, 0.05) is 83.9 Å². The van der Waals surface area contributed by atoms with Crippen LogP contribution in [0.25, 0.3) is 0 Å². The number of amides is 2. The first-order valence-electron chi connectivity index (χ1n) is 22.5. The molecule has 5 aromatic rings. The van der Waals surface area contributed by atoms with Crippen LogP contribution in [0.5, 0.6) is 5.75 Å². The van der Waals surface area contributed by atoms with E-state index in [1.165, 1.54) is 24.1 Å². The summed E-state index contributed by atoms with van der Waals surface area (Å²) in [5.74, 6) is 5.38. The van der Waals surface area contributed by atoms with Gasteiger partial charge in [0.2, 0.25) is 23.1 Å². The third kappa shape index (κ3) is 28.7. The van der Waals surface area contributed by atoms with Gasteiger partial charge in [0.15, 0.2) is 5.75 Å². The number of nitrogens with one attached hydrogen (secondary N) is 6. The van der Waals surface area contributed by atoms with Crippen LogP contribution in [0, 0.1) is 24.7 Å². The molecule has 69 heavy (non-hydrogen) atoms. The smallest absolute Gasteiger partial charge is 0.281 e. The fourth-order valence-corrected chi connectivity index (χ4v) is 5.55. The molecule has 7 N–H and O–H groups in total. The Hall–Kier alpha value is -6.16. The second kappa shape index (κ2) is 35.0. The second-order valence-corrected chi connectivity index (χ2v) is 18.9. The number of hydrogen-bond donors (Lipinski definition) is 7. The summed E-state index contributed by atoms with van der Waals surface area (Å²) in [5, 5.41) is 24.2. The lowest BCUT2D eigenvalue weighted by atomic mass is 10.1. The summed E-state index contributed by atoms with van der Waals surface area (Å²) in [6.07, 6.45) is 3.93. The minimum Gasteiger partial charge on any atom is -0.502 e. The van der Waals surface area contributed by atoms with Gasteiger partial charge in [0.05, 0.1) is 12.0 Å². The number of rotatable bonds is 8. The van der Waals surface area contributed by atoms with Gasteiger partial charge in [0.25, 0.3) is 11.1 Å². The lowest BCUT2D eigenvalue weighted by Gasteiger charge is -2.01. The van der Waals surface area contributed by atoms with E-state index in [0.29, 0.717) is 40.8 Å². The van der Waals surface area contributed by atoms with Crippen molar-refractivity contribution in [2.24, 2.45) is 22.7 Å². The van der Waals surface area contributed by atoms with Crippen LogP contribution in [-0.2, 0) is 14.4 Å². The molecule has 0 bridgehead atoms. The van der Waals surface area contributed by atoms with Crippen molar-refractivity contribution in [3.05, 3.63) is 108 Å². The Bertz CT molecular complexity index is 2350. The quantitative estimate of drug-likeness (QED) is 0.0764. The standard InChI is InChI=1S/C8H10O3.C7H11NO.C6H10N2O.C6H9NOS.C5H9N3.C5H8N2OS.2C5H11NO/c1-5(2)6-3-11-4-7(9)8(6)10;1-5(2)7-4-6(3)8-9-7;1-4(2)6-7-5(3)9-8-6;1-4(2)5-3-6(8)7-9-5;1-4(2)5-6-3-7-8-5;1-3(2)4-5(8)7-9-6-4;2*1-4(2)5(7)6-3/h3-5,9H,1-2H3;4-5H,1-3H3;4H,3H2,1-2H3,(H,7,8);3-4H,1-2H3,(H,7,8);3-4H,1-2H3,(H,6,7,8);3H,1-2H3,(H,7,8);2*4H,1-3H3,(H,6,7). The van der Waals surface area contributed by atoms with Crippen LogP contribution in [-0.4, -0.2) is 70.3 Å². The highest BCUT2D eigenvalue weighted by Gasteiger charge is 2.12. The van der Waals surface area contributed by atoms with E-state index >= 15 is 0 Å². The largest absolute Gasteiger partial charge is 0.502 e. The number of amidine groups is 1. The number of aryl methyl sites for hydroxylation is 1. The molecule has 6 heterocycles. The number of aromatic hydroxyl groups is 1. The maximum Gasteiger partial charge on any atom is 0.281 e. The molecule has 0 atom stereocenters. The number of hydrogen-bond acceptors (Lipinski definition) is 17. The van der Waals surface area contributed by atoms with Crippen LogP contribution in [0.2, 0.25) is 0 Å². The van der Waals surface area contributed by atoms with Crippen molar-refractivity contribution in [2.45, 2.75) is 147 Å². The molecule has 6 rings (SSSR count). The van der Waals surface area contributed by atoms with Gasteiger partial charge in [-0.05, 0) is 25.3 Å². The molecule has 5 aromatic heterocycles. The van der Waals surface area contributed by atoms with Gasteiger partial charge in [-0.1, -0.05) is 127 Å². The van der Waals surface area contributed by atoms with Crippen molar-refractivity contribution in [3.63, 3.8) is 0 Å². The van der Waals surface area contributed by atoms with Gasteiger partial charge < -0.3 is 29.5 Å². The molecule has 0 aliphatic carbocycles. The van der Waals surface area contributed by atoms with E-state index in [1.807, 2.05) is 82.2 Å². The summed E-state index contributed by atoms with van der Waals surface area (Å²) >= 11 is 2.53. The first-order valence-corrected chi connectivity index (χ1v) is 24.1. The van der Waals surface area contributed by atoms with Crippen molar-refractivity contribution >= 4 is 40.9 Å². The maximum atomic E-state index is 11.1. The molecule has 0 radical (unpaired) electrons. The third-order valence-electron chi connectivity index (χ3n) is 8.47. The lowest BCUT2D eigenvalue weighted by Crippen LogP contribution is -2.22. The van der Waals surface area contributed by atoms with E-state index in [1.54, 1.807) is 20.2 Å². The number of aromatic amines is 3. The van der Waals surface area contributed by atoms with Crippen LogP contribution >= 0.6 is 23.3 Å². The zero-order valence-corrected chi connectivity index (χ0v) is 45.6. The van der Waals surface area contributed by atoms with Gasteiger partial charge in [0.1, 0.15) is 35.7 Å². The normalized spacial score (nSPS) is 11.1. The Labute approximate surface area is 415 Å². The average Bonchev–Trinajstić information content (AvgIpc) is 4.15. The zero-order chi connectivity index (χ0) is 53.6. The number of H-pyrrole nitrogens is 3. The number of carbonyl (C=O) groups is 2. The van der Waals surface area contributed by atoms with Crippen LogP contribution in [0.3, 0.4) is 0 Å². The molecule has 1 aliphatic heterocycles. The highest BCUT2D eigenvalue weighted by Crippen LogP contribution is 2.15. The summed E-state index contributed by atoms with van der Waals surface area (Å²) in [7, 11) is 3.28. The lowest BCUT2D eigenvalue weighted by molar-refractivity contribution is -0.124. The molecule has 2 amide bonds. The minimum atomic E-state index is -0.341. The molecule has 0 aromatic carbocycles. The Balaban J connectivity index is 0. The van der Waals surface area contributed by atoms with E-state index in [2.05, 4.69) is 103 Å². The Morgan fingerprint density at radius 1 is 0.754 bits per heavy atom. The van der Waals surface area contributed by atoms with Gasteiger partial charge >= 0.3 is 0 Å². The van der Waals surface area contributed by atoms with E-state index < -0.39 is 0 Å². The Kier molecular flexibility index (Phi) is 33.0. The number of aliphatic imine (C=N–C) groups is 1. The fraction of sp³-hybridized carbons (Fsp3) is 0.574. The summed E-state index contributed by atoms with van der Waals surface area (Å²) < 4.78 is 18.8. The molecular formula is C47H79N11O9S2. The van der Waals surface area contributed by atoms with E-state index in [-0.39, 0.29) is 57.8 Å². The van der Waals surface area contributed by atoms with Crippen LogP contribution in [0.1, 0.15) is 174 Å². The Morgan fingerprint density at radius 2 is 1.33 bits per heavy atom. The summed E-state index contributed by atoms with van der Waals surface area (Å²) in [6.45, 7) is 37.0. The Morgan fingerprint density at radius 3 is 1.55 bits per heavy atom. The molecular weight excluding hydrogens is 927 g/mol. The van der Waals surface area contributed by atoms with Crippen molar-refractivity contribution in [1.82, 2.24) is 49.6 Å². The highest BCUT2D eigenvalue weighted by atomic mass is 32.1. The monoisotopic (exact) mass is 1010 g/mol. The molecule has 0 spiro atoms.